The van der Waals surface area contributed by atoms with Crippen molar-refractivity contribution in [3.05, 3.63) is 43.8 Å². The van der Waals surface area contributed by atoms with Crippen molar-refractivity contribution in [3.8, 4) is 0 Å². The Kier molecular flexibility index (Phi) is 4.58. The van der Waals surface area contributed by atoms with Gasteiger partial charge in [-0.3, -0.25) is 14.9 Å². The number of nitrogens with one attached hydrogen (secondary N) is 1. The average Bonchev–Trinajstić information content (AvgIpc) is 2.94. The molecule has 1 aliphatic rings. The first-order chi connectivity index (χ1) is 11.8. The minimum Gasteiger partial charge on any atom is -0.348 e. The van der Waals surface area contributed by atoms with Gasteiger partial charge in [-0.05, 0) is 13.0 Å². The van der Waals surface area contributed by atoms with E-state index in [1.807, 2.05) is 0 Å². The van der Waals surface area contributed by atoms with E-state index in [1.54, 1.807) is 4.90 Å². The van der Waals surface area contributed by atoms with E-state index in [4.69, 9.17) is 0 Å². The Hall–Kier alpha value is -2.31. The van der Waals surface area contributed by atoms with E-state index in [-0.39, 0.29) is 41.9 Å². The van der Waals surface area contributed by atoms with E-state index < -0.39 is 19.8 Å². The van der Waals surface area contributed by atoms with Crippen LogP contribution in [0.2, 0.25) is 0 Å². The van der Waals surface area contributed by atoms with Gasteiger partial charge < -0.3 is 9.88 Å². The molecule has 1 N–H and O–H groups in total. The molecular weight excluding hydrogens is 370 g/mol. The number of thiazole rings is 1. The van der Waals surface area contributed by atoms with Crippen molar-refractivity contribution in [3.63, 3.8) is 0 Å². The number of anilines is 1. The van der Waals surface area contributed by atoms with Gasteiger partial charge >= 0.3 is 10.6 Å². The number of nitro groups is 1. The van der Waals surface area contributed by atoms with Crippen molar-refractivity contribution in [1.82, 2.24) is 14.3 Å². The number of sulfonamides is 1. The summed E-state index contributed by atoms with van der Waals surface area (Å²) < 4.78 is 26.6. The van der Waals surface area contributed by atoms with Crippen molar-refractivity contribution in [2.75, 3.05) is 31.1 Å². The monoisotopic (exact) mass is 385 g/mol. The van der Waals surface area contributed by atoms with Crippen LogP contribution in [0.25, 0.3) is 0 Å². The first kappa shape index (κ1) is 17.5. The fourth-order valence-corrected chi connectivity index (χ4v) is 5.53. The van der Waals surface area contributed by atoms with Crippen LogP contribution in [0.1, 0.15) is 5.69 Å². The average molecular weight is 385 g/mol. The molecular formula is C13H15N5O5S2. The summed E-state index contributed by atoms with van der Waals surface area (Å²) in [4.78, 5) is 29.8. The van der Waals surface area contributed by atoms with Crippen molar-refractivity contribution < 1.29 is 13.3 Å². The molecule has 0 atom stereocenters. The molecule has 0 bridgehead atoms. The van der Waals surface area contributed by atoms with Gasteiger partial charge in [0.15, 0.2) is 4.21 Å². The minimum absolute atomic E-state index is 0.00904. The van der Waals surface area contributed by atoms with Crippen LogP contribution in [0.15, 0.2) is 27.3 Å². The number of aromatic nitrogens is 2. The third-order valence-corrected chi connectivity index (χ3v) is 7.34. The lowest BCUT2D eigenvalue weighted by atomic mass is 10.3. The number of piperazine rings is 1. The highest BCUT2D eigenvalue weighted by atomic mass is 32.2. The first-order valence-corrected chi connectivity index (χ1v) is 9.60. The highest BCUT2D eigenvalue weighted by Crippen LogP contribution is 2.27. The summed E-state index contributed by atoms with van der Waals surface area (Å²) in [5.74, 6) is 0.229. The zero-order valence-corrected chi connectivity index (χ0v) is 14.8. The van der Waals surface area contributed by atoms with E-state index in [1.165, 1.54) is 29.6 Å². The van der Waals surface area contributed by atoms with Gasteiger partial charge in [0.05, 0.1) is 4.92 Å². The van der Waals surface area contributed by atoms with E-state index in [0.29, 0.717) is 17.0 Å². The maximum atomic E-state index is 12.7. The smallest absolute Gasteiger partial charge is 0.311 e. The lowest BCUT2D eigenvalue weighted by Crippen LogP contribution is -2.49. The van der Waals surface area contributed by atoms with Crippen LogP contribution in [0.4, 0.5) is 11.5 Å². The summed E-state index contributed by atoms with van der Waals surface area (Å²) in [6, 6.07) is 2.85. The molecule has 3 heterocycles. The molecule has 1 aliphatic heterocycles. The second-order valence-corrected chi connectivity index (χ2v) is 8.54. The Morgan fingerprint density at radius 3 is 2.56 bits per heavy atom. The van der Waals surface area contributed by atoms with Crippen LogP contribution in [-0.4, -0.2) is 53.8 Å². The van der Waals surface area contributed by atoms with Crippen molar-refractivity contribution in [1.29, 1.82) is 0 Å². The Bertz CT molecular complexity index is 959. The summed E-state index contributed by atoms with van der Waals surface area (Å²) in [5.41, 5.74) is 0.205. The zero-order valence-electron chi connectivity index (χ0n) is 13.2. The molecule has 0 amide bonds. The summed E-state index contributed by atoms with van der Waals surface area (Å²) in [6.45, 7) is 2.40. The normalized spacial score (nSPS) is 16.1. The highest BCUT2D eigenvalue weighted by Gasteiger charge is 2.33. The lowest BCUT2D eigenvalue weighted by Gasteiger charge is -2.34. The maximum absolute atomic E-state index is 12.7. The molecule has 3 rings (SSSR count). The Balaban J connectivity index is 1.80. The molecule has 0 radical (unpaired) electrons. The number of aromatic amines is 1. The molecule has 1 saturated heterocycles. The number of H-pyrrole nitrogens is 1. The van der Waals surface area contributed by atoms with Crippen LogP contribution in [0, 0.1) is 17.0 Å². The zero-order chi connectivity index (χ0) is 18.2. The molecule has 1 fully saturated rings. The number of pyridine rings is 1. The van der Waals surface area contributed by atoms with Crippen molar-refractivity contribution in [2.45, 2.75) is 11.1 Å². The number of nitrogens with zero attached hydrogens (tertiary/aromatic N) is 4. The third-order valence-electron chi connectivity index (χ3n) is 3.86. The SMILES string of the molecule is Cc1[nH]c(=O)sc1S(=O)(=O)N1CCN(c2ncccc2[N+](=O)[O-])CC1. The second-order valence-electron chi connectivity index (χ2n) is 5.42. The first-order valence-electron chi connectivity index (χ1n) is 7.35. The van der Waals surface area contributed by atoms with Gasteiger partial charge in [0.25, 0.3) is 10.0 Å². The van der Waals surface area contributed by atoms with Crippen molar-refractivity contribution >= 4 is 32.9 Å². The van der Waals surface area contributed by atoms with E-state index in [0.717, 1.165) is 0 Å². The van der Waals surface area contributed by atoms with Gasteiger partial charge in [-0.15, -0.1) is 0 Å². The second kappa shape index (κ2) is 6.54. The van der Waals surface area contributed by atoms with Gasteiger partial charge in [0.1, 0.15) is 0 Å². The topological polar surface area (TPSA) is 130 Å². The predicted molar refractivity (Wildman–Crippen MR) is 91.5 cm³/mol. The highest BCUT2D eigenvalue weighted by molar-refractivity contribution is 7.91. The van der Waals surface area contributed by atoms with Crippen LogP contribution in [0.3, 0.4) is 0 Å². The number of hydrogen-bond acceptors (Lipinski definition) is 8. The Morgan fingerprint density at radius 1 is 1.32 bits per heavy atom. The summed E-state index contributed by atoms with van der Waals surface area (Å²) in [5, 5.41) is 11.1. The van der Waals surface area contributed by atoms with Gasteiger partial charge in [-0.2, -0.15) is 4.31 Å². The Labute approximate surface area is 146 Å². The molecule has 134 valence electrons. The van der Waals surface area contributed by atoms with E-state index >= 15 is 0 Å². The molecule has 12 heteroatoms. The molecule has 2 aromatic heterocycles. The van der Waals surface area contributed by atoms with Crippen LogP contribution in [0.5, 0.6) is 0 Å². The number of aryl methyl sites for hydroxylation is 1. The van der Waals surface area contributed by atoms with Gasteiger partial charge in [-0.1, -0.05) is 11.3 Å². The van der Waals surface area contributed by atoms with E-state index in [9.17, 15) is 23.3 Å². The summed E-state index contributed by atoms with van der Waals surface area (Å²) in [7, 11) is -3.76. The molecule has 0 spiro atoms. The number of rotatable bonds is 4. The maximum Gasteiger partial charge on any atom is 0.311 e. The summed E-state index contributed by atoms with van der Waals surface area (Å²) in [6.07, 6.45) is 1.46. The standard InChI is InChI=1S/C13H15N5O5S2/c1-9-12(24-13(19)15-9)25(22,23)17-7-5-16(6-8-17)11-10(18(20)21)3-2-4-14-11/h2-4H,5-8H2,1H3,(H,15,19). The molecule has 0 saturated carbocycles. The number of hydrogen-bond donors (Lipinski definition) is 1. The van der Waals surface area contributed by atoms with Crippen LogP contribution in [-0.2, 0) is 10.0 Å². The molecule has 0 unspecified atom stereocenters. The minimum atomic E-state index is -3.76. The quantitative estimate of drug-likeness (QED) is 0.601. The van der Waals surface area contributed by atoms with Crippen LogP contribution < -0.4 is 9.77 Å². The predicted octanol–water partition coefficient (Wildman–Crippen LogP) is 0.559. The van der Waals surface area contributed by atoms with Gasteiger partial charge in [0, 0.05) is 44.1 Å². The van der Waals surface area contributed by atoms with Crippen molar-refractivity contribution in [2.24, 2.45) is 0 Å². The molecule has 25 heavy (non-hydrogen) atoms. The van der Waals surface area contributed by atoms with Gasteiger partial charge in [0.2, 0.25) is 5.82 Å². The molecule has 0 aromatic carbocycles. The fourth-order valence-electron chi connectivity index (χ4n) is 2.67. The largest absolute Gasteiger partial charge is 0.348 e. The molecule has 0 aliphatic carbocycles. The molecule has 10 nitrogen and oxygen atoms in total. The summed E-state index contributed by atoms with van der Waals surface area (Å²) >= 11 is 0.662. The lowest BCUT2D eigenvalue weighted by molar-refractivity contribution is -0.384. The van der Waals surface area contributed by atoms with Gasteiger partial charge in [-0.25, -0.2) is 13.4 Å². The molecule has 2 aromatic rings. The van der Waals surface area contributed by atoms with E-state index in [2.05, 4.69) is 9.97 Å². The van der Waals surface area contributed by atoms with Crippen LogP contribution >= 0.6 is 11.3 Å². The third kappa shape index (κ3) is 3.27. The Morgan fingerprint density at radius 2 is 2.00 bits per heavy atom. The fraction of sp³-hybridized carbons (Fsp3) is 0.385.